The van der Waals surface area contributed by atoms with Crippen molar-refractivity contribution in [1.29, 1.82) is 0 Å². The Hall–Kier alpha value is -2.33. The minimum Gasteiger partial charge on any atom is -0.457 e. The van der Waals surface area contributed by atoms with E-state index in [1.165, 1.54) is 25.9 Å². The number of benzene rings is 2. The van der Waals surface area contributed by atoms with Crippen LogP contribution in [0.4, 0.5) is 0 Å². The first-order valence-electron chi connectivity index (χ1n) is 8.97. The average Bonchev–Trinajstić information content (AvgIpc) is 3.21. The van der Waals surface area contributed by atoms with E-state index in [2.05, 4.69) is 24.5 Å². The van der Waals surface area contributed by atoms with Crippen LogP contribution in [0.1, 0.15) is 37.0 Å². The summed E-state index contributed by atoms with van der Waals surface area (Å²) < 4.78 is 5.78. The molecule has 1 fully saturated rings. The average molecular weight is 340 g/mol. The third kappa shape index (κ3) is 6.98. The Bertz CT molecular complexity index is 630. The third-order valence-electron chi connectivity index (χ3n) is 3.73. The van der Waals surface area contributed by atoms with E-state index in [0.717, 1.165) is 5.75 Å². The summed E-state index contributed by atoms with van der Waals surface area (Å²) >= 11 is 0. The number of hydrogen-bond acceptors (Lipinski definition) is 3. The molecule has 0 saturated carbocycles. The van der Waals surface area contributed by atoms with Gasteiger partial charge in [-0.05, 0) is 56.1 Å². The van der Waals surface area contributed by atoms with E-state index >= 15 is 0 Å². The van der Waals surface area contributed by atoms with Crippen LogP contribution in [0.2, 0.25) is 0 Å². The fourth-order valence-electron chi connectivity index (χ4n) is 2.38. The van der Waals surface area contributed by atoms with Gasteiger partial charge in [0.2, 0.25) is 0 Å². The van der Waals surface area contributed by atoms with Gasteiger partial charge in [-0.15, -0.1) is 0 Å². The van der Waals surface area contributed by atoms with Gasteiger partial charge in [-0.2, -0.15) is 0 Å². The molecular weight excluding hydrogens is 312 g/mol. The fourth-order valence-corrected chi connectivity index (χ4v) is 2.38. The van der Waals surface area contributed by atoms with Gasteiger partial charge in [0.15, 0.2) is 0 Å². The zero-order valence-electron chi connectivity index (χ0n) is 15.1. The van der Waals surface area contributed by atoms with Gasteiger partial charge in [0.05, 0.1) is 5.56 Å². The van der Waals surface area contributed by atoms with Crippen molar-refractivity contribution < 1.29 is 9.53 Å². The number of amides is 1. The number of hydrogen-bond donors (Lipinski definition) is 2. The van der Waals surface area contributed by atoms with Crippen LogP contribution in [0.3, 0.4) is 0 Å². The summed E-state index contributed by atoms with van der Waals surface area (Å²) in [7, 11) is 0. The van der Waals surface area contributed by atoms with Crippen LogP contribution < -0.4 is 15.4 Å². The maximum atomic E-state index is 12.2. The lowest BCUT2D eigenvalue weighted by molar-refractivity contribution is 0.0946. The molecule has 1 saturated heterocycles. The van der Waals surface area contributed by atoms with Crippen LogP contribution in [-0.4, -0.2) is 25.5 Å². The van der Waals surface area contributed by atoms with Crippen LogP contribution in [0.25, 0.3) is 0 Å². The minimum atomic E-state index is -0.106. The highest BCUT2D eigenvalue weighted by atomic mass is 16.5. The molecule has 0 atom stereocenters. The van der Waals surface area contributed by atoms with Crippen LogP contribution in [0, 0.1) is 5.92 Å². The van der Waals surface area contributed by atoms with Gasteiger partial charge in [-0.25, -0.2) is 0 Å². The van der Waals surface area contributed by atoms with E-state index in [-0.39, 0.29) is 5.91 Å². The summed E-state index contributed by atoms with van der Waals surface area (Å²) in [5.41, 5.74) is 0.553. The summed E-state index contributed by atoms with van der Waals surface area (Å²) in [6.45, 7) is 7.28. The molecule has 0 spiro atoms. The molecule has 2 aromatic rings. The van der Waals surface area contributed by atoms with Gasteiger partial charge in [0, 0.05) is 6.54 Å². The van der Waals surface area contributed by atoms with E-state index in [1.54, 1.807) is 12.1 Å². The van der Waals surface area contributed by atoms with E-state index in [9.17, 15) is 4.79 Å². The third-order valence-corrected chi connectivity index (χ3v) is 3.73. The summed E-state index contributed by atoms with van der Waals surface area (Å²) in [5, 5.41) is 6.13. The lowest BCUT2D eigenvalue weighted by Gasteiger charge is -2.12. The molecule has 2 N–H and O–H groups in total. The van der Waals surface area contributed by atoms with Gasteiger partial charge in [0.25, 0.3) is 5.91 Å². The fraction of sp³-hybridized carbons (Fsp3) is 0.381. The van der Waals surface area contributed by atoms with Gasteiger partial charge >= 0.3 is 0 Å². The van der Waals surface area contributed by atoms with Crippen molar-refractivity contribution >= 4 is 5.91 Å². The lowest BCUT2D eigenvalue weighted by Crippen LogP contribution is -2.27. The standard InChI is InChI=1S/C17H19NO2.C4H9N/c1-13(2)12-18-17(19)15-10-6-7-11-16(15)20-14-8-4-3-5-9-14;1-2-4-5-3-1/h3-11,13H,12H2,1-2H3,(H,18,19);5H,1-4H2. The lowest BCUT2D eigenvalue weighted by atomic mass is 10.1. The smallest absolute Gasteiger partial charge is 0.255 e. The van der Waals surface area contributed by atoms with Crippen LogP contribution >= 0.6 is 0 Å². The topological polar surface area (TPSA) is 50.4 Å². The predicted octanol–water partition coefficient (Wildman–Crippen LogP) is 4.23. The molecule has 3 rings (SSSR count). The Kier molecular flexibility index (Phi) is 7.99. The Morgan fingerprint density at radius 2 is 1.68 bits per heavy atom. The zero-order chi connectivity index (χ0) is 17.9. The molecule has 0 radical (unpaired) electrons. The number of ether oxygens (including phenoxy) is 1. The maximum absolute atomic E-state index is 12.2. The van der Waals surface area contributed by atoms with E-state index in [4.69, 9.17) is 4.74 Å². The summed E-state index contributed by atoms with van der Waals surface area (Å²) in [6, 6.07) is 16.7. The molecule has 4 nitrogen and oxygen atoms in total. The van der Waals surface area contributed by atoms with Crippen molar-refractivity contribution in [2.75, 3.05) is 19.6 Å². The number of carbonyl (C=O) groups excluding carboxylic acids is 1. The Morgan fingerprint density at radius 1 is 1.04 bits per heavy atom. The van der Waals surface area contributed by atoms with Crippen LogP contribution in [0.15, 0.2) is 54.6 Å². The molecule has 0 aliphatic carbocycles. The number of carbonyl (C=O) groups is 1. The molecule has 134 valence electrons. The molecular formula is C21H28N2O2. The maximum Gasteiger partial charge on any atom is 0.255 e. The first-order valence-corrected chi connectivity index (χ1v) is 8.97. The zero-order valence-corrected chi connectivity index (χ0v) is 15.1. The van der Waals surface area contributed by atoms with Crippen molar-refractivity contribution in [3.05, 3.63) is 60.2 Å². The van der Waals surface area contributed by atoms with Gasteiger partial charge in [0.1, 0.15) is 11.5 Å². The molecule has 0 unspecified atom stereocenters. The summed E-state index contributed by atoms with van der Waals surface area (Å²) in [5.74, 6) is 1.60. The molecule has 1 aliphatic rings. The van der Waals surface area contributed by atoms with Crippen molar-refractivity contribution in [2.45, 2.75) is 26.7 Å². The number of nitrogens with one attached hydrogen (secondary N) is 2. The highest BCUT2D eigenvalue weighted by Gasteiger charge is 2.12. The summed E-state index contributed by atoms with van der Waals surface area (Å²) in [6.07, 6.45) is 2.78. The van der Waals surface area contributed by atoms with E-state index < -0.39 is 0 Å². The SMILES string of the molecule is C1CCNC1.CC(C)CNC(=O)c1ccccc1Oc1ccccc1. The van der Waals surface area contributed by atoms with E-state index in [1.807, 2.05) is 42.5 Å². The molecule has 0 bridgehead atoms. The quantitative estimate of drug-likeness (QED) is 0.856. The molecule has 1 heterocycles. The Balaban J connectivity index is 0.000000386. The molecule has 0 aromatic heterocycles. The second kappa shape index (κ2) is 10.5. The molecule has 1 amide bonds. The number of para-hydroxylation sites is 2. The Labute approximate surface area is 150 Å². The van der Waals surface area contributed by atoms with Crippen molar-refractivity contribution in [3.8, 4) is 11.5 Å². The normalized spacial score (nSPS) is 13.1. The predicted molar refractivity (Wildman–Crippen MR) is 102 cm³/mol. The highest BCUT2D eigenvalue weighted by Crippen LogP contribution is 2.24. The van der Waals surface area contributed by atoms with Crippen molar-refractivity contribution in [1.82, 2.24) is 10.6 Å². The first-order chi connectivity index (χ1) is 12.2. The summed E-state index contributed by atoms with van der Waals surface area (Å²) in [4.78, 5) is 12.2. The minimum absolute atomic E-state index is 0.106. The molecule has 2 aromatic carbocycles. The van der Waals surface area contributed by atoms with Crippen molar-refractivity contribution in [2.24, 2.45) is 5.92 Å². The second-order valence-corrected chi connectivity index (χ2v) is 6.47. The van der Waals surface area contributed by atoms with Gasteiger partial charge in [-0.1, -0.05) is 44.2 Å². The van der Waals surface area contributed by atoms with Crippen molar-refractivity contribution in [3.63, 3.8) is 0 Å². The van der Waals surface area contributed by atoms with Gasteiger partial charge in [-0.3, -0.25) is 4.79 Å². The van der Waals surface area contributed by atoms with Gasteiger partial charge < -0.3 is 15.4 Å². The van der Waals surface area contributed by atoms with Crippen LogP contribution in [0.5, 0.6) is 11.5 Å². The Morgan fingerprint density at radius 3 is 2.28 bits per heavy atom. The largest absolute Gasteiger partial charge is 0.457 e. The first kappa shape index (κ1) is 19.0. The monoisotopic (exact) mass is 340 g/mol. The molecule has 4 heteroatoms. The van der Waals surface area contributed by atoms with Crippen LogP contribution in [-0.2, 0) is 0 Å². The highest BCUT2D eigenvalue weighted by molar-refractivity contribution is 5.97. The molecule has 1 aliphatic heterocycles. The molecule has 25 heavy (non-hydrogen) atoms. The number of rotatable bonds is 5. The van der Waals surface area contributed by atoms with E-state index in [0.29, 0.717) is 23.8 Å². The second-order valence-electron chi connectivity index (χ2n) is 6.47.